The van der Waals surface area contributed by atoms with Crippen molar-refractivity contribution in [2.24, 2.45) is 0 Å². The van der Waals surface area contributed by atoms with Crippen molar-refractivity contribution in [1.82, 2.24) is 14.8 Å². The minimum atomic E-state index is -0.390. The van der Waals surface area contributed by atoms with Gasteiger partial charge in [0.15, 0.2) is 5.82 Å². The number of nitrogens with two attached hydrogens (primary N) is 1. The summed E-state index contributed by atoms with van der Waals surface area (Å²) in [5.74, 6) is 0.832. The van der Waals surface area contributed by atoms with Gasteiger partial charge in [-0.1, -0.05) is 109 Å². The quantitative estimate of drug-likeness (QED) is 0.136. The molecule has 0 saturated heterocycles. The molecule has 2 heterocycles. The molecule has 0 spiro atoms. The summed E-state index contributed by atoms with van der Waals surface area (Å²) in [4.78, 5) is 12.9. The number of carbonyl (C=O) groups excluding carboxylic acids is 1. The van der Waals surface area contributed by atoms with Gasteiger partial charge < -0.3 is 15.6 Å². The lowest BCUT2D eigenvalue weighted by Gasteiger charge is -2.14. The van der Waals surface area contributed by atoms with Crippen LogP contribution in [-0.4, -0.2) is 20.8 Å². The van der Waals surface area contributed by atoms with Crippen LogP contribution >= 0.6 is 0 Å². The Bertz CT molecular complexity index is 1960. The molecular weight excluding hydrogens is 570 g/mol. The number of anilines is 3. The molecule has 0 fully saturated rings. The van der Waals surface area contributed by atoms with E-state index in [-0.39, 0.29) is 6.03 Å². The fourth-order valence-electron chi connectivity index (χ4n) is 5.64. The lowest BCUT2D eigenvalue weighted by Crippen LogP contribution is -2.21. The number of carbonyl (C=O) groups is 1. The van der Waals surface area contributed by atoms with Crippen LogP contribution in [0.25, 0.3) is 33.6 Å². The summed E-state index contributed by atoms with van der Waals surface area (Å²) in [6, 6.07) is 43.1. The maximum atomic E-state index is 12.9. The number of aromatic nitrogens is 3. The third kappa shape index (κ3) is 6.64. The largest absolute Gasteiger partial charge is 0.384 e. The van der Waals surface area contributed by atoms with E-state index >= 15 is 0 Å². The highest BCUT2D eigenvalue weighted by molar-refractivity contribution is 5.99. The predicted octanol–water partition coefficient (Wildman–Crippen LogP) is 8.40. The number of hydrogen-bond acceptors (Lipinski definition) is 5. The Morgan fingerprint density at radius 1 is 0.717 bits per heavy atom. The van der Waals surface area contributed by atoms with Crippen LogP contribution in [0.3, 0.4) is 0 Å². The van der Waals surface area contributed by atoms with Crippen LogP contribution in [0.2, 0.25) is 0 Å². The summed E-state index contributed by atoms with van der Waals surface area (Å²) in [5.41, 5.74) is 14.3. The lowest BCUT2D eigenvalue weighted by molar-refractivity contribution is 0.262. The summed E-state index contributed by atoms with van der Waals surface area (Å²) in [7, 11) is 0. The molecule has 0 bridgehead atoms. The van der Waals surface area contributed by atoms with Crippen molar-refractivity contribution in [3.8, 4) is 39.7 Å². The maximum Gasteiger partial charge on any atom is 0.324 e. The molecule has 4 N–H and O–H groups in total. The summed E-state index contributed by atoms with van der Waals surface area (Å²) in [6.45, 7) is 0.644. The number of nitriles is 1. The molecule has 2 amide bonds. The molecule has 0 atom stereocenters. The monoisotopic (exact) mass is 603 g/mol. The van der Waals surface area contributed by atoms with Gasteiger partial charge in [0.05, 0.1) is 11.4 Å². The Hall–Kier alpha value is -6.20. The Morgan fingerprint density at radius 2 is 1.35 bits per heavy atom. The summed E-state index contributed by atoms with van der Waals surface area (Å²) < 4.78 is 2.07. The highest BCUT2D eigenvalue weighted by Gasteiger charge is 2.23. The van der Waals surface area contributed by atoms with E-state index in [1.165, 1.54) is 0 Å². The number of unbranched alkanes of at least 4 members (excludes halogenated alkanes) is 1. The van der Waals surface area contributed by atoms with E-state index in [2.05, 4.69) is 43.6 Å². The Balaban J connectivity index is 1.13. The van der Waals surface area contributed by atoms with Gasteiger partial charge in [-0.2, -0.15) is 5.26 Å². The van der Waals surface area contributed by atoms with Crippen LogP contribution in [-0.2, 0) is 13.0 Å². The first-order valence-corrected chi connectivity index (χ1v) is 15.2. The molecule has 2 aromatic heterocycles. The topological polar surface area (TPSA) is 122 Å². The molecule has 6 aromatic rings. The third-order valence-electron chi connectivity index (χ3n) is 7.84. The smallest absolute Gasteiger partial charge is 0.324 e. The Labute approximate surface area is 268 Å². The van der Waals surface area contributed by atoms with Crippen LogP contribution in [0, 0.1) is 11.3 Å². The second-order valence-electron chi connectivity index (χ2n) is 10.8. The molecule has 0 aliphatic rings. The van der Waals surface area contributed by atoms with Crippen molar-refractivity contribution in [3.05, 3.63) is 139 Å². The van der Waals surface area contributed by atoms with Crippen LogP contribution < -0.4 is 16.4 Å². The first-order chi connectivity index (χ1) is 22.6. The molecule has 0 radical (unpaired) electrons. The molecule has 4 aromatic carbocycles. The fraction of sp³-hybridized carbons (Fsp3) is 0.105. The number of hydrogen-bond donors (Lipinski definition) is 3. The molecule has 0 aliphatic carbocycles. The summed E-state index contributed by atoms with van der Waals surface area (Å²) >= 11 is 0. The van der Waals surface area contributed by atoms with Gasteiger partial charge in [-0.3, -0.25) is 5.32 Å². The highest BCUT2D eigenvalue weighted by atomic mass is 16.2. The molecule has 46 heavy (non-hydrogen) atoms. The van der Waals surface area contributed by atoms with Crippen molar-refractivity contribution >= 4 is 23.4 Å². The Morgan fingerprint density at radius 3 is 2.00 bits per heavy atom. The van der Waals surface area contributed by atoms with Gasteiger partial charge in [0, 0.05) is 23.4 Å². The van der Waals surface area contributed by atoms with Crippen molar-refractivity contribution in [3.63, 3.8) is 0 Å². The van der Waals surface area contributed by atoms with Crippen molar-refractivity contribution in [1.29, 1.82) is 5.26 Å². The number of nitrogens with one attached hydrogen (secondary N) is 2. The van der Waals surface area contributed by atoms with Crippen molar-refractivity contribution in [2.45, 2.75) is 25.8 Å². The van der Waals surface area contributed by atoms with Crippen molar-refractivity contribution in [2.75, 3.05) is 16.4 Å². The maximum absolute atomic E-state index is 12.9. The molecule has 0 aliphatic heterocycles. The SMILES string of the molecule is N#Cc1c(-c2ccccc2)c(-c2ccccc2)n(CCCCc2ccccc2NC(=O)Nc2ccc(-c3ccccc3)nn2)c1N. The van der Waals surface area contributed by atoms with Gasteiger partial charge in [0.2, 0.25) is 0 Å². The van der Waals surface area contributed by atoms with Crippen molar-refractivity contribution < 1.29 is 4.79 Å². The summed E-state index contributed by atoms with van der Waals surface area (Å²) in [5, 5.41) is 24.3. The second kappa shape index (κ2) is 14.1. The molecule has 6 rings (SSSR count). The number of para-hydroxylation sites is 1. The number of aryl methyl sites for hydroxylation is 1. The summed E-state index contributed by atoms with van der Waals surface area (Å²) in [6.07, 6.45) is 2.42. The van der Waals surface area contributed by atoms with Gasteiger partial charge in [0.25, 0.3) is 0 Å². The molecular formula is C38H33N7O. The van der Waals surface area contributed by atoms with E-state index in [4.69, 9.17) is 5.73 Å². The zero-order valence-electron chi connectivity index (χ0n) is 25.2. The number of nitrogen functional groups attached to an aromatic ring is 1. The zero-order valence-corrected chi connectivity index (χ0v) is 25.2. The van der Waals surface area contributed by atoms with E-state index < -0.39 is 0 Å². The minimum Gasteiger partial charge on any atom is -0.384 e. The van der Waals surface area contributed by atoms with E-state index in [1.807, 2.05) is 109 Å². The predicted molar refractivity (Wildman–Crippen MR) is 184 cm³/mol. The standard InChI is InChI=1S/C38H33N7O/c39-26-31-35(29-18-6-2-7-19-29)36(30-20-8-3-9-21-30)45(37(31)40)25-13-12-17-27-16-10-11-22-32(27)41-38(46)42-34-24-23-33(43-44-34)28-14-4-1-5-15-28/h1-11,14-16,18-24H,12-13,17,25,40H2,(H2,41,42,44,46). The number of nitrogens with zero attached hydrogens (tertiary/aromatic N) is 4. The van der Waals surface area contributed by atoms with Gasteiger partial charge >= 0.3 is 6.03 Å². The number of amides is 2. The first kappa shape index (κ1) is 29.9. The van der Waals surface area contributed by atoms with E-state index in [0.717, 1.165) is 64.2 Å². The average Bonchev–Trinajstić information content (AvgIpc) is 3.39. The van der Waals surface area contributed by atoms with Gasteiger partial charge in [-0.05, 0) is 54.2 Å². The fourth-order valence-corrected chi connectivity index (χ4v) is 5.64. The van der Waals surface area contributed by atoms with Crippen LogP contribution in [0.5, 0.6) is 0 Å². The molecule has 8 nitrogen and oxygen atoms in total. The first-order valence-electron chi connectivity index (χ1n) is 15.2. The van der Waals surface area contributed by atoms with Gasteiger partial charge in [-0.25, -0.2) is 4.79 Å². The zero-order chi connectivity index (χ0) is 31.7. The van der Waals surface area contributed by atoms with E-state index in [9.17, 15) is 10.1 Å². The van der Waals surface area contributed by atoms with Gasteiger partial charge in [0.1, 0.15) is 17.5 Å². The van der Waals surface area contributed by atoms with Crippen LogP contribution in [0.1, 0.15) is 24.0 Å². The highest BCUT2D eigenvalue weighted by Crippen LogP contribution is 2.40. The third-order valence-corrected chi connectivity index (χ3v) is 7.84. The van der Waals surface area contributed by atoms with Gasteiger partial charge in [-0.15, -0.1) is 10.2 Å². The van der Waals surface area contributed by atoms with Crippen LogP contribution in [0.15, 0.2) is 127 Å². The number of rotatable bonds is 10. The van der Waals surface area contributed by atoms with E-state index in [1.54, 1.807) is 6.07 Å². The van der Waals surface area contributed by atoms with Crippen LogP contribution in [0.4, 0.5) is 22.1 Å². The normalized spacial score (nSPS) is 10.7. The molecule has 8 heteroatoms. The molecule has 0 saturated carbocycles. The Kier molecular flexibility index (Phi) is 9.12. The average molecular weight is 604 g/mol. The minimum absolute atomic E-state index is 0.361. The molecule has 0 unspecified atom stereocenters. The number of urea groups is 1. The number of benzene rings is 4. The second-order valence-corrected chi connectivity index (χ2v) is 10.8. The molecule has 226 valence electrons. The van der Waals surface area contributed by atoms with E-state index in [0.29, 0.717) is 23.7 Å². The lowest BCUT2D eigenvalue weighted by atomic mass is 9.98.